The fourth-order valence-electron chi connectivity index (χ4n) is 0.391. The van der Waals surface area contributed by atoms with Crippen LogP contribution in [0.3, 0.4) is 0 Å². The Morgan fingerprint density at radius 3 is 2.78 bits per heavy atom. The molecule has 0 aliphatic carbocycles. The predicted molar refractivity (Wildman–Crippen MR) is 36.7 cm³/mol. The molecule has 0 bridgehead atoms. The lowest BCUT2D eigenvalue weighted by Gasteiger charge is -2.09. The molecule has 9 heavy (non-hydrogen) atoms. The van der Waals surface area contributed by atoms with Crippen LogP contribution in [-0.2, 0) is 9.47 Å². The highest BCUT2D eigenvalue weighted by Crippen LogP contribution is 1.91. The lowest BCUT2D eigenvalue weighted by atomic mass is 10.7. The predicted octanol–water partition coefficient (Wildman–Crippen LogP) is 1.73. The number of rotatable bonds is 4. The summed E-state index contributed by atoms with van der Waals surface area (Å²) in [6, 6.07) is 0. The van der Waals surface area contributed by atoms with Crippen molar-refractivity contribution in [1.29, 1.82) is 0 Å². The molecular formula is C7H13O2. The molecule has 0 heterocycles. The number of allylic oxidation sites excluding steroid dienone is 1. The molecule has 0 amide bonds. The van der Waals surface area contributed by atoms with Crippen LogP contribution in [0.15, 0.2) is 12.3 Å². The van der Waals surface area contributed by atoms with Crippen LogP contribution in [0.4, 0.5) is 0 Å². The average Bonchev–Trinajstić information content (AvgIpc) is 1.85. The number of hydrogen-bond donors (Lipinski definition) is 0. The molecule has 0 aliphatic rings. The molecule has 0 aliphatic heterocycles. The third-order valence-corrected chi connectivity index (χ3v) is 0.719. The van der Waals surface area contributed by atoms with Gasteiger partial charge in [-0.05, 0) is 13.8 Å². The van der Waals surface area contributed by atoms with Gasteiger partial charge in [0.2, 0.25) is 0 Å². The minimum Gasteiger partial charge on any atom is -0.473 e. The fourth-order valence-corrected chi connectivity index (χ4v) is 0.391. The minimum absolute atomic E-state index is 0.369. The van der Waals surface area contributed by atoms with Gasteiger partial charge in [-0.15, -0.1) is 0 Å². The van der Waals surface area contributed by atoms with Crippen molar-refractivity contribution < 1.29 is 9.47 Å². The normalized spacial score (nSPS) is 14.1. The molecule has 0 aromatic heterocycles. The number of ether oxygens (including phenoxy) is 2. The average molecular weight is 129 g/mol. The summed E-state index contributed by atoms with van der Waals surface area (Å²) in [7, 11) is 0. The zero-order chi connectivity index (χ0) is 7.11. The van der Waals surface area contributed by atoms with E-state index in [1.807, 2.05) is 13.8 Å². The molecule has 2 nitrogen and oxygen atoms in total. The van der Waals surface area contributed by atoms with Crippen molar-refractivity contribution in [3.05, 3.63) is 19.3 Å². The van der Waals surface area contributed by atoms with E-state index in [1.54, 1.807) is 12.3 Å². The maximum absolute atomic E-state index is 4.96. The molecule has 0 fully saturated rings. The molecule has 53 valence electrons. The summed E-state index contributed by atoms with van der Waals surface area (Å²) in [5.74, 6) is 0. The van der Waals surface area contributed by atoms with Crippen LogP contribution in [0.2, 0.25) is 0 Å². The Morgan fingerprint density at radius 1 is 1.67 bits per heavy atom. The van der Waals surface area contributed by atoms with Crippen molar-refractivity contribution in [3.8, 4) is 0 Å². The topological polar surface area (TPSA) is 18.5 Å². The fraction of sp³-hybridized carbons (Fsp3) is 0.571. The van der Waals surface area contributed by atoms with E-state index >= 15 is 0 Å². The van der Waals surface area contributed by atoms with Crippen LogP contribution < -0.4 is 0 Å². The van der Waals surface area contributed by atoms with Crippen LogP contribution in [-0.4, -0.2) is 12.9 Å². The van der Waals surface area contributed by atoms with E-state index in [2.05, 4.69) is 6.92 Å². The van der Waals surface area contributed by atoms with Gasteiger partial charge in [0, 0.05) is 13.5 Å². The van der Waals surface area contributed by atoms with E-state index < -0.39 is 0 Å². The third kappa shape index (κ3) is 5.37. The van der Waals surface area contributed by atoms with Gasteiger partial charge >= 0.3 is 0 Å². The molecule has 2 heteroatoms. The highest BCUT2D eigenvalue weighted by atomic mass is 16.7. The van der Waals surface area contributed by atoms with E-state index in [1.165, 1.54) is 0 Å². The first kappa shape index (κ1) is 8.50. The van der Waals surface area contributed by atoms with Crippen molar-refractivity contribution in [2.45, 2.75) is 20.1 Å². The smallest absolute Gasteiger partial charge is 0.199 e. The van der Waals surface area contributed by atoms with Crippen LogP contribution in [0, 0.1) is 6.92 Å². The van der Waals surface area contributed by atoms with Crippen LogP contribution >= 0.6 is 0 Å². The molecule has 1 unspecified atom stereocenters. The van der Waals surface area contributed by atoms with Crippen LogP contribution in [0.1, 0.15) is 13.8 Å². The molecule has 1 radical (unpaired) electrons. The maximum Gasteiger partial charge on any atom is 0.199 e. The summed E-state index contributed by atoms with van der Waals surface area (Å²) in [6.07, 6.45) is 2.98. The Morgan fingerprint density at radius 2 is 2.33 bits per heavy atom. The Kier molecular flexibility index (Phi) is 5.32. The van der Waals surface area contributed by atoms with Gasteiger partial charge in [0.25, 0.3) is 0 Å². The molecule has 0 aromatic carbocycles. The highest BCUT2D eigenvalue weighted by Gasteiger charge is 1.94. The number of hydrogen-bond acceptors (Lipinski definition) is 2. The van der Waals surface area contributed by atoms with Gasteiger partial charge in [-0.2, -0.15) is 0 Å². The van der Waals surface area contributed by atoms with Crippen molar-refractivity contribution in [2.75, 3.05) is 6.61 Å². The van der Waals surface area contributed by atoms with Crippen molar-refractivity contribution in [3.63, 3.8) is 0 Å². The second-order valence-electron chi connectivity index (χ2n) is 1.49. The van der Waals surface area contributed by atoms with Crippen LogP contribution in [0.5, 0.6) is 0 Å². The molecular weight excluding hydrogens is 116 g/mol. The summed E-state index contributed by atoms with van der Waals surface area (Å²) < 4.78 is 9.88. The van der Waals surface area contributed by atoms with Gasteiger partial charge in [-0.25, -0.2) is 0 Å². The van der Waals surface area contributed by atoms with Crippen molar-refractivity contribution >= 4 is 0 Å². The van der Waals surface area contributed by atoms with E-state index in [9.17, 15) is 0 Å². The molecule has 0 saturated heterocycles. The largest absolute Gasteiger partial charge is 0.473 e. The van der Waals surface area contributed by atoms with E-state index in [0.717, 1.165) is 0 Å². The summed E-state index contributed by atoms with van der Waals surface area (Å²) in [5.41, 5.74) is 0. The van der Waals surface area contributed by atoms with Gasteiger partial charge in [0.1, 0.15) is 0 Å². The zero-order valence-corrected chi connectivity index (χ0v) is 5.96. The second-order valence-corrected chi connectivity index (χ2v) is 1.49. The molecule has 0 rings (SSSR count). The first-order chi connectivity index (χ1) is 4.31. The monoisotopic (exact) mass is 129 g/mol. The third-order valence-electron chi connectivity index (χ3n) is 0.719. The van der Waals surface area contributed by atoms with Crippen molar-refractivity contribution in [2.24, 2.45) is 0 Å². The summed E-state index contributed by atoms with van der Waals surface area (Å²) in [4.78, 5) is 0. The minimum atomic E-state index is -0.369. The Hall–Kier alpha value is -0.500. The SMILES string of the molecule is [CH2]C(OC=CC)OCC. The molecule has 0 spiro atoms. The van der Waals surface area contributed by atoms with Crippen molar-refractivity contribution in [1.82, 2.24) is 0 Å². The van der Waals surface area contributed by atoms with E-state index in [-0.39, 0.29) is 6.29 Å². The molecule has 0 saturated carbocycles. The Bertz CT molecular complexity index is 79.0. The first-order valence-corrected chi connectivity index (χ1v) is 3.02. The molecule has 1 atom stereocenters. The van der Waals surface area contributed by atoms with Gasteiger partial charge in [0.15, 0.2) is 6.29 Å². The molecule has 0 N–H and O–H groups in total. The first-order valence-electron chi connectivity index (χ1n) is 3.02. The highest BCUT2D eigenvalue weighted by molar-refractivity contribution is 4.66. The zero-order valence-electron chi connectivity index (χ0n) is 5.96. The van der Waals surface area contributed by atoms with Gasteiger partial charge in [-0.1, -0.05) is 6.08 Å². The van der Waals surface area contributed by atoms with Gasteiger partial charge in [0.05, 0.1) is 6.26 Å². The standard InChI is InChI=1S/C7H13O2/c1-4-6-9-7(3)8-5-2/h4,6-7H,3,5H2,1-2H3. The summed E-state index contributed by atoms with van der Waals surface area (Å²) in [5, 5.41) is 0. The van der Waals surface area contributed by atoms with Gasteiger partial charge < -0.3 is 9.47 Å². The Labute approximate surface area is 56.5 Å². The summed E-state index contributed by atoms with van der Waals surface area (Å²) >= 11 is 0. The lowest BCUT2D eigenvalue weighted by Crippen LogP contribution is -2.09. The van der Waals surface area contributed by atoms with Crippen LogP contribution in [0.25, 0.3) is 0 Å². The maximum atomic E-state index is 4.96. The lowest BCUT2D eigenvalue weighted by molar-refractivity contribution is -0.0696. The Balaban J connectivity index is 3.15. The van der Waals surface area contributed by atoms with E-state index in [0.29, 0.717) is 6.61 Å². The van der Waals surface area contributed by atoms with Gasteiger partial charge in [-0.3, -0.25) is 0 Å². The second kappa shape index (κ2) is 5.63. The summed E-state index contributed by atoms with van der Waals surface area (Å²) in [6.45, 7) is 7.97. The van der Waals surface area contributed by atoms with E-state index in [4.69, 9.17) is 9.47 Å². The quantitative estimate of drug-likeness (QED) is 0.425. The molecule has 0 aromatic rings.